The van der Waals surface area contributed by atoms with E-state index in [0.717, 1.165) is 61.4 Å². The van der Waals surface area contributed by atoms with Crippen molar-refractivity contribution in [2.45, 2.75) is 71.3 Å². The number of hydrogen-bond donors (Lipinski definition) is 1. The molecule has 5 rings (SSSR count). The number of rotatable bonds is 5. The highest BCUT2D eigenvalue weighted by Gasteiger charge is 2.49. The first-order valence-corrected chi connectivity index (χ1v) is 13.8. The molecule has 0 radical (unpaired) electrons. The van der Waals surface area contributed by atoms with Gasteiger partial charge < -0.3 is 14.7 Å². The van der Waals surface area contributed by atoms with Gasteiger partial charge in [0.25, 0.3) is 0 Å². The van der Waals surface area contributed by atoms with Gasteiger partial charge in [0, 0.05) is 41.4 Å². The molecule has 3 heterocycles. The van der Waals surface area contributed by atoms with Gasteiger partial charge in [-0.15, -0.1) is 0 Å². The number of fused-ring (bicyclic) bond motifs is 3. The molecule has 0 aromatic carbocycles. The van der Waals surface area contributed by atoms with Gasteiger partial charge in [0.15, 0.2) is 5.82 Å². The molecule has 2 fully saturated rings. The lowest BCUT2D eigenvalue weighted by Crippen LogP contribution is -2.49. The van der Waals surface area contributed by atoms with Crippen LogP contribution in [0.15, 0.2) is 36.3 Å². The van der Waals surface area contributed by atoms with E-state index < -0.39 is 0 Å². The van der Waals surface area contributed by atoms with Crippen LogP contribution >= 0.6 is 0 Å². The molecule has 2 aromatic heterocycles. The van der Waals surface area contributed by atoms with Crippen LogP contribution in [-0.2, 0) is 16.6 Å². The van der Waals surface area contributed by atoms with Gasteiger partial charge in [-0.1, -0.05) is 32.9 Å². The van der Waals surface area contributed by atoms with Crippen molar-refractivity contribution in [1.29, 1.82) is 0 Å². The molecule has 4 atom stereocenters. The quantitative estimate of drug-likeness (QED) is 0.528. The molecule has 0 spiro atoms. The summed E-state index contributed by atoms with van der Waals surface area (Å²) in [6.07, 6.45) is 8.91. The van der Waals surface area contributed by atoms with Gasteiger partial charge in [0.2, 0.25) is 0 Å². The second-order valence-corrected chi connectivity index (χ2v) is 10.9. The van der Waals surface area contributed by atoms with Crippen LogP contribution < -0.4 is 4.90 Å². The molecule has 1 aliphatic heterocycles. The first-order chi connectivity index (χ1) is 17.9. The first kappa shape index (κ1) is 26.0. The monoisotopic (exact) mass is 506 g/mol. The second kappa shape index (κ2) is 10.6. The molecular weight excluding hydrogens is 467 g/mol. The van der Waals surface area contributed by atoms with E-state index in [-0.39, 0.29) is 23.3 Å². The number of nitrogens with zero attached hydrogens (tertiary/aromatic N) is 4. The number of hydrogen-bond acceptors (Lipinski definition) is 6. The third kappa shape index (κ3) is 4.72. The Bertz CT molecular complexity index is 1210. The Hall–Kier alpha value is -2.64. The Morgan fingerprint density at radius 1 is 1.27 bits per heavy atom. The molecule has 7 heteroatoms. The molecule has 6 nitrogen and oxygen atoms in total. The molecule has 198 valence electrons. The summed E-state index contributed by atoms with van der Waals surface area (Å²) < 4.78 is 20.8. The van der Waals surface area contributed by atoms with Crippen molar-refractivity contribution in [1.82, 2.24) is 15.0 Å². The van der Waals surface area contributed by atoms with Crippen molar-refractivity contribution in [2.24, 2.45) is 11.8 Å². The average molecular weight is 507 g/mol. The Morgan fingerprint density at radius 2 is 2.05 bits per heavy atom. The van der Waals surface area contributed by atoms with E-state index in [1.54, 1.807) is 0 Å². The van der Waals surface area contributed by atoms with Gasteiger partial charge in [-0.25, -0.2) is 19.3 Å². The third-order valence-corrected chi connectivity index (χ3v) is 8.80. The van der Waals surface area contributed by atoms with E-state index in [4.69, 9.17) is 14.7 Å². The minimum Gasteiger partial charge on any atom is -0.393 e. The molecule has 1 N–H and O–H groups in total. The third-order valence-electron chi connectivity index (χ3n) is 8.80. The second-order valence-electron chi connectivity index (χ2n) is 10.9. The number of halogens is 1. The lowest BCUT2D eigenvalue weighted by atomic mass is 9.55. The van der Waals surface area contributed by atoms with Gasteiger partial charge in [-0.2, -0.15) is 0 Å². The SMILES string of the molecule is C/C=C\C(=C(\F)CC)c1nc(-c2ccnc(N3CCOCC3)c2)nc2c1CC[C@@H]1[C@@H](C)C(O)CC[C@@]21C. The predicted molar refractivity (Wildman–Crippen MR) is 145 cm³/mol. The molecule has 1 saturated heterocycles. The van der Waals surface area contributed by atoms with Crippen LogP contribution in [0.2, 0.25) is 0 Å². The summed E-state index contributed by atoms with van der Waals surface area (Å²) in [6, 6.07) is 3.99. The number of pyridine rings is 1. The van der Waals surface area contributed by atoms with E-state index in [0.29, 0.717) is 42.6 Å². The maximum absolute atomic E-state index is 15.3. The summed E-state index contributed by atoms with van der Waals surface area (Å²) in [7, 11) is 0. The van der Waals surface area contributed by atoms with E-state index in [2.05, 4.69) is 23.7 Å². The summed E-state index contributed by atoms with van der Waals surface area (Å²) in [6.45, 7) is 11.2. The molecule has 37 heavy (non-hydrogen) atoms. The molecule has 0 bridgehead atoms. The number of anilines is 1. The zero-order valence-corrected chi connectivity index (χ0v) is 22.5. The lowest BCUT2D eigenvalue weighted by Gasteiger charge is -2.50. The normalized spacial score (nSPS) is 28.6. The van der Waals surface area contributed by atoms with Crippen molar-refractivity contribution in [3.8, 4) is 11.4 Å². The van der Waals surface area contributed by atoms with Crippen LogP contribution in [0, 0.1) is 11.8 Å². The van der Waals surface area contributed by atoms with Crippen LogP contribution in [0.5, 0.6) is 0 Å². The van der Waals surface area contributed by atoms with Crippen LogP contribution in [0.3, 0.4) is 0 Å². The molecule has 2 aliphatic carbocycles. The molecule has 1 saturated carbocycles. The van der Waals surface area contributed by atoms with E-state index >= 15 is 4.39 Å². The summed E-state index contributed by atoms with van der Waals surface area (Å²) in [5.74, 6) is 1.85. The van der Waals surface area contributed by atoms with Gasteiger partial charge in [-0.05, 0) is 63.0 Å². The van der Waals surface area contributed by atoms with Crippen molar-refractivity contribution >= 4 is 11.4 Å². The van der Waals surface area contributed by atoms with Gasteiger partial charge in [-0.3, -0.25) is 0 Å². The number of allylic oxidation sites excluding steroid dienone is 4. The Kier molecular flexibility index (Phi) is 7.46. The number of aromatic nitrogens is 3. The Labute approximate surface area is 219 Å². The number of morpholine rings is 1. The number of aliphatic hydroxyl groups excluding tert-OH is 1. The van der Waals surface area contributed by atoms with Crippen LogP contribution in [-0.4, -0.2) is 52.5 Å². The Balaban J connectivity index is 1.70. The zero-order chi connectivity index (χ0) is 26.2. The zero-order valence-electron chi connectivity index (χ0n) is 22.5. The number of aliphatic hydroxyl groups is 1. The topological polar surface area (TPSA) is 71.4 Å². The van der Waals surface area contributed by atoms with E-state index in [9.17, 15) is 5.11 Å². The van der Waals surface area contributed by atoms with E-state index in [1.807, 2.05) is 44.3 Å². The fourth-order valence-electron chi connectivity index (χ4n) is 6.64. The highest BCUT2D eigenvalue weighted by molar-refractivity contribution is 5.77. The largest absolute Gasteiger partial charge is 0.393 e. The highest BCUT2D eigenvalue weighted by atomic mass is 19.1. The molecule has 3 aliphatic rings. The van der Waals surface area contributed by atoms with Gasteiger partial charge >= 0.3 is 0 Å². The predicted octanol–water partition coefficient (Wildman–Crippen LogP) is 5.65. The summed E-state index contributed by atoms with van der Waals surface area (Å²) in [5.41, 5.74) is 4.04. The smallest absolute Gasteiger partial charge is 0.160 e. The van der Waals surface area contributed by atoms with Crippen molar-refractivity contribution in [3.05, 3.63) is 53.3 Å². The van der Waals surface area contributed by atoms with Crippen molar-refractivity contribution < 1.29 is 14.2 Å². The standard InChI is InChI=1S/C30H39FN4O2/c1-5-7-21(24(31)6-2)27-22-8-9-23-19(3)25(36)10-12-30(23,4)28(22)34-29(33-27)20-11-13-32-26(18-20)35-14-16-37-17-15-35/h5,7,11,13,18-19,23,25,36H,6,8-10,12,14-17H2,1-4H3/b7-5-,24-21-/t19-,23-,25?,30-/m1/s1. The van der Waals surface area contributed by atoms with Crippen LogP contribution in [0.4, 0.5) is 10.2 Å². The molecule has 0 amide bonds. The summed E-state index contributed by atoms with van der Waals surface area (Å²) >= 11 is 0. The fraction of sp³-hybridized carbons (Fsp3) is 0.567. The minimum absolute atomic E-state index is 0.159. The maximum Gasteiger partial charge on any atom is 0.160 e. The first-order valence-electron chi connectivity index (χ1n) is 13.8. The van der Waals surface area contributed by atoms with Crippen LogP contribution in [0.25, 0.3) is 17.0 Å². The number of ether oxygens (including phenoxy) is 1. The lowest BCUT2D eigenvalue weighted by molar-refractivity contribution is -0.00879. The fourth-order valence-corrected chi connectivity index (χ4v) is 6.64. The van der Waals surface area contributed by atoms with Crippen molar-refractivity contribution in [2.75, 3.05) is 31.2 Å². The Morgan fingerprint density at radius 3 is 2.78 bits per heavy atom. The highest BCUT2D eigenvalue weighted by Crippen LogP contribution is 2.52. The molecule has 1 unspecified atom stereocenters. The molecular formula is C30H39FN4O2. The average Bonchev–Trinajstić information content (AvgIpc) is 2.94. The minimum atomic E-state index is -0.285. The van der Waals surface area contributed by atoms with Gasteiger partial charge in [0.05, 0.1) is 30.7 Å². The van der Waals surface area contributed by atoms with Crippen LogP contribution in [0.1, 0.15) is 70.3 Å². The maximum atomic E-state index is 15.3. The molecule has 2 aromatic rings. The van der Waals surface area contributed by atoms with Gasteiger partial charge in [0.1, 0.15) is 11.6 Å². The summed E-state index contributed by atoms with van der Waals surface area (Å²) in [5, 5.41) is 10.7. The summed E-state index contributed by atoms with van der Waals surface area (Å²) in [4.78, 5) is 17.1. The van der Waals surface area contributed by atoms with E-state index in [1.165, 1.54) is 0 Å². The van der Waals surface area contributed by atoms with Crippen molar-refractivity contribution in [3.63, 3.8) is 0 Å².